The fourth-order valence-electron chi connectivity index (χ4n) is 5.35. The Labute approximate surface area is 159 Å². The number of hydrogen-bond donors (Lipinski definition) is 1. The molecule has 0 amide bonds. The predicted molar refractivity (Wildman–Crippen MR) is 103 cm³/mol. The van der Waals surface area contributed by atoms with Crippen molar-refractivity contribution in [2.24, 2.45) is 11.8 Å². The predicted octanol–water partition coefficient (Wildman–Crippen LogP) is 3.49. The molecule has 142 valence electrons. The number of esters is 1. The van der Waals surface area contributed by atoms with Gasteiger partial charge in [0.2, 0.25) is 0 Å². The van der Waals surface area contributed by atoms with E-state index in [9.17, 15) is 4.79 Å². The van der Waals surface area contributed by atoms with Crippen molar-refractivity contribution in [2.45, 2.75) is 38.8 Å². The van der Waals surface area contributed by atoms with Gasteiger partial charge in [-0.3, -0.25) is 4.90 Å². The van der Waals surface area contributed by atoms with E-state index in [0.29, 0.717) is 17.5 Å². The fraction of sp³-hybridized carbons (Fsp3) is 0.500. The molecule has 3 aliphatic heterocycles. The van der Waals surface area contributed by atoms with Gasteiger partial charge in [0.15, 0.2) is 0 Å². The van der Waals surface area contributed by atoms with Crippen LogP contribution < -0.4 is 0 Å². The van der Waals surface area contributed by atoms with Gasteiger partial charge in [-0.25, -0.2) is 4.79 Å². The second kappa shape index (κ2) is 6.13. The maximum atomic E-state index is 12.3. The number of hydrogen-bond acceptors (Lipinski definition) is 4. The standard InChI is InChI=1S/C22H26N2O3/c1-12-4-5-19-16(8-12)14-6-7-24-10-17-13(2)27-11-18(22(25)26-3)15(17)9-20(24)21(14)23-19/h4-5,8,11,13,15,17,20,23H,6-7,9-10H2,1-3H3/t13-,15?,17?,20?/m0/s1. The number of carbonyl (C=O) groups excluding carboxylic acids is 1. The lowest BCUT2D eigenvalue weighted by Gasteiger charge is -2.49. The van der Waals surface area contributed by atoms with Crippen molar-refractivity contribution in [1.29, 1.82) is 0 Å². The number of nitrogens with one attached hydrogen (secondary N) is 1. The summed E-state index contributed by atoms with van der Waals surface area (Å²) in [5.41, 5.74) is 6.00. The lowest BCUT2D eigenvalue weighted by Crippen LogP contribution is -2.51. The number of methoxy groups -OCH3 is 1. The molecule has 5 rings (SSSR count). The zero-order valence-electron chi connectivity index (χ0n) is 16.1. The normalized spacial score (nSPS) is 30.0. The van der Waals surface area contributed by atoms with E-state index in [2.05, 4.69) is 41.9 Å². The highest BCUT2D eigenvalue weighted by Gasteiger charge is 2.46. The van der Waals surface area contributed by atoms with Crippen LogP contribution in [0.15, 0.2) is 30.0 Å². The molecule has 27 heavy (non-hydrogen) atoms. The molecule has 1 saturated heterocycles. The fourth-order valence-corrected chi connectivity index (χ4v) is 5.35. The summed E-state index contributed by atoms with van der Waals surface area (Å²) in [6.45, 7) is 6.28. The smallest absolute Gasteiger partial charge is 0.337 e. The average Bonchev–Trinajstić information content (AvgIpc) is 3.05. The molecule has 5 nitrogen and oxygen atoms in total. The van der Waals surface area contributed by atoms with Gasteiger partial charge >= 0.3 is 5.97 Å². The molecule has 1 fully saturated rings. The van der Waals surface area contributed by atoms with Gasteiger partial charge in [-0.2, -0.15) is 0 Å². The minimum Gasteiger partial charge on any atom is -0.497 e. The van der Waals surface area contributed by atoms with Gasteiger partial charge < -0.3 is 14.5 Å². The Morgan fingerprint density at radius 2 is 2.22 bits per heavy atom. The summed E-state index contributed by atoms with van der Waals surface area (Å²) >= 11 is 0. The molecule has 0 bridgehead atoms. The van der Waals surface area contributed by atoms with Gasteiger partial charge in [0.25, 0.3) is 0 Å². The van der Waals surface area contributed by atoms with E-state index in [1.54, 1.807) is 6.26 Å². The molecule has 0 radical (unpaired) electrons. The zero-order valence-corrected chi connectivity index (χ0v) is 16.1. The van der Waals surface area contributed by atoms with E-state index < -0.39 is 0 Å². The van der Waals surface area contributed by atoms with Crippen LogP contribution in [-0.2, 0) is 20.7 Å². The van der Waals surface area contributed by atoms with Crippen LogP contribution in [0.1, 0.15) is 36.2 Å². The number of aromatic nitrogens is 1. The zero-order chi connectivity index (χ0) is 18.7. The first-order valence-electron chi connectivity index (χ1n) is 9.85. The number of piperidine rings is 1. The van der Waals surface area contributed by atoms with Crippen LogP contribution in [0.4, 0.5) is 0 Å². The molecule has 1 aromatic heterocycles. The lowest BCUT2D eigenvalue weighted by molar-refractivity contribution is -0.139. The summed E-state index contributed by atoms with van der Waals surface area (Å²) in [7, 11) is 1.45. The Morgan fingerprint density at radius 3 is 3.04 bits per heavy atom. The van der Waals surface area contributed by atoms with Crippen LogP contribution in [0.25, 0.3) is 10.9 Å². The van der Waals surface area contributed by atoms with E-state index in [-0.39, 0.29) is 18.0 Å². The Bertz CT molecular complexity index is 944. The summed E-state index contributed by atoms with van der Waals surface area (Å²) in [6.07, 6.45) is 3.77. The number of benzene rings is 1. The highest BCUT2D eigenvalue weighted by molar-refractivity contribution is 5.89. The van der Waals surface area contributed by atoms with E-state index in [0.717, 1.165) is 25.9 Å². The molecule has 2 aromatic rings. The van der Waals surface area contributed by atoms with Gasteiger partial charge in [-0.1, -0.05) is 11.6 Å². The number of nitrogens with zero attached hydrogens (tertiary/aromatic N) is 1. The Hall–Kier alpha value is -2.27. The molecule has 5 heteroatoms. The second-order valence-corrected chi connectivity index (χ2v) is 8.24. The number of fused-ring (bicyclic) bond motifs is 6. The maximum Gasteiger partial charge on any atom is 0.337 e. The van der Waals surface area contributed by atoms with Crippen molar-refractivity contribution in [3.8, 4) is 0 Å². The minimum absolute atomic E-state index is 0.121. The first kappa shape index (κ1) is 16.9. The first-order valence-corrected chi connectivity index (χ1v) is 9.85. The van der Waals surface area contributed by atoms with Crippen molar-refractivity contribution >= 4 is 16.9 Å². The van der Waals surface area contributed by atoms with E-state index in [4.69, 9.17) is 9.47 Å². The quantitative estimate of drug-likeness (QED) is 0.785. The molecule has 3 aliphatic rings. The molecular formula is C22H26N2O3. The lowest BCUT2D eigenvalue weighted by atomic mass is 9.72. The van der Waals surface area contributed by atoms with Gasteiger partial charge in [-0.15, -0.1) is 0 Å². The van der Waals surface area contributed by atoms with Crippen LogP contribution >= 0.6 is 0 Å². The summed E-state index contributed by atoms with van der Waals surface area (Å²) in [4.78, 5) is 18.6. The van der Waals surface area contributed by atoms with Crippen LogP contribution in [0.2, 0.25) is 0 Å². The summed E-state index contributed by atoms with van der Waals surface area (Å²) < 4.78 is 10.8. The second-order valence-electron chi connectivity index (χ2n) is 8.24. The van der Waals surface area contributed by atoms with Gasteiger partial charge in [-0.05, 0) is 44.4 Å². The highest BCUT2D eigenvalue weighted by atomic mass is 16.5. The Morgan fingerprint density at radius 1 is 1.37 bits per heavy atom. The summed E-state index contributed by atoms with van der Waals surface area (Å²) in [5, 5.41) is 1.36. The first-order chi connectivity index (χ1) is 13.1. The number of H-pyrrole nitrogens is 1. The van der Waals surface area contributed by atoms with Crippen LogP contribution in [0, 0.1) is 18.8 Å². The SMILES string of the molecule is COC(=O)C1=CO[C@@H](C)C2CN3CCc4c([nH]c5ccc(C)cc45)C3CC12. The van der Waals surface area contributed by atoms with Crippen molar-refractivity contribution in [1.82, 2.24) is 9.88 Å². The number of aryl methyl sites for hydroxylation is 1. The van der Waals surface area contributed by atoms with Crippen molar-refractivity contribution in [3.63, 3.8) is 0 Å². The highest BCUT2D eigenvalue weighted by Crippen LogP contribution is 2.47. The van der Waals surface area contributed by atoms with Crippen LogP contribution in [0.5, 0.6) is 0 Å². The number of carbonyl (C=O) groups is 1. The van der Waals surface area contributed by atoms with Gasteiger partial charge in [0.05, 0.1) is 31.1 Å². The number of aromatic amines is 1. The Kier molecular flexibility index (Phi) is 3.83. The third kappa shape index (κ3) is 2.52. The maximum absolute atomic E-state index is 12.3. The van der Waals surface area contributed by atoms with E-state index in [1.807, 2.05) is 0 Å². The molecule has 1 aromatic carbocycles. The molecule has 0 saturated carbocycles. The van der Waals surface area contributed by atoms with Crippen molar-refractivity contribution < 1.29 is 14.3 Å². The summed E-state index contributed by atoms with van der Waals surface area (Å²) in [6, 6.07) is 6.97. The average molecular weight is 366 g/mol. The van der Waals surface area contributed by atoms with E-state index in [1.165, 1.54) is 34.8 Å². The molecule has 3 unspecified atom stereocenters. The monoisotopic (exact) mass is 366 g/mol. The number of ether oxygens (including phenoxy) is 2. The van der Waals surface area contributed by atoms with E-state index >= 15 is 0 Å². The molecule has 0 aliphatic carbocycles. The van der Waals surface area contributed by atoms with Crippen molar-refractivity contribution in [3.05, 3.63) is 46.9 Å². The summed E-state index contributed by atoms with van der Waals surface area (Å²) in [5.74, 6) is 0.253. The van der Waals surface area contributed by atoms with Gasteiger partial charge in [0, 0.05) is 41.5 Å². The third-order valence-corrected chi connectivity index (χ3v) is 6.79. The van der Waals surface area contributed by atoms with Gasteiger partial charge in [0.1, 0.15) is 0 Å². The topological polar surface area (TPSA) is 54.6 Å². The minimum atomic E-state index is -0.256. The van der Waals surface area contributed by atoms with Crippen molar-refractivity contribution in [2.75, 3.05) is 20.2 Å². The molecule has 4 heterocycles. The molecular weight excluding hydrogens is 340 g/mol. The number of rotatable bonds is 1. The molecule has 0 spiro atoms. The molecule has 4 atom stereocenters. The largest absolute Gasteiger partial charge is 0.497 e. The van der Waals surface area contributed by atoms with Crippen LogP contribution in [-0.4, -0.2) is 42.2 Å². The third-order valence-electron chi connectivity index (χ3n) is 6.79. The molecule has 1 N–H and O–H groups in total. The van der Waals surface area contributed by atoms with Crippen LogP contribution in [0.3, 0.4) is 0 Å². The Balaban J connectivity index is 1.55.